The van der Waals surface area contributed by atoms with Crippen molar-refractivity contribution in [1.82, 2.24) is 0 Å². The van der Waals surface area contributed by atoms with E-state index < -0.39 is 0 Å². The first kappa shape index (κ1) is 18.8. The quantitative estimate of drug-likeness (QED) is 0.478. The molecule has 26 heavy (non-hydrogen) atoms. The summed E-state index contributed by atoms with van der Waals surface area (Å²) in [6, 6.07) is 13.8. The van der Waals surface area contributed by atoms with Crippen molar-refractivity contribution in [1.29, 1.82) is 0 Å². The Bertz CT molecular complexity index is 978. The van der Waals surface area contributed by atoms with Gasteiger partial charge in [-0.2, -0.15) is 0 Å². The van der Waals surface area contributed by atoms with Crippen molar-refractivity contribution >= 4 is 55.6 Å². The Kier molecular flexibility index (Phi) is 5.61. The molecule has 2 aromatic carbocycles. The summed E-state index contributed by atoms with van der Waals surface area (Å²) >= 11 is 10.7. The van der Waals surface area contributed by atoms with Crippen LogP contribution >= 0.6 is 38.9 Å². The van der Waals surface area contributed by atoms with E-state index in [1.807, 2.05) is 13.8 Å². The Morgan fingerprint density at radius 3 is 2.15 bits per heavy atom. The van der Waals surface area contributed by atoms with Gasteiger partial charge in [-0.15, -0.1) is 11.3 Å². The van der Waals surface area contributed by atoms with E-state index in [1.165, 1.54) is 11.3 Å². The molecule has 0 saturated carbocycles. The number of aryl methyl sites for hydroxylation is 1. The number of hydrogen-bond donors (Lipinski definition) is 1. The Balaban J connectivity index is 1.94. The molecule has 132 valence electrons. The minimum Gasteiger partial charge on any atom is -0.313 e. The average molecular weight is 449 g/mol. The molecule has 0 spiro atoms. The lowest BCUT2D eigenvalue weighted by molar-refractivity contribution is 0.102. The number of halogens is 2. The lowest BCUT2D eigenvalue weighted by Gasteiger charge is -2.08. The molecule has 0 aliphatic carbocycles. The van der Waals surface area contributed by atoms with E-state index in [0.717, 1.165) is 14.9 Å². The zero-order chi connectivity index (χ0) is 18.8. The highest BCUT2D eigenvalue weighted by Crippen LogP contribution is 2.34. The van der Waals surface area contributed by atoms with Gasteiger partial charge in [0.15, 0.2) is 5.78 Å². The predicted octanol–water partition coefficient (Wildman–Crippen LogP) is 6.26. The van der Waals surface area contributed by atoms with Crippen LogP contribution in [0, 0.1) is 13.8 Å². The maximum absolute atomic E-state index is 13.0. The summed E-state index contributed by atoms with van der Waals surface area (Å²) in [4.78, 5) is 26.5. The van der Waals surface area contributed by atoms with Crippen LogP contribution in [0.5, 0.6) is 0 Å². The van der Waals surface area contributed by atoms with Crippen LogP contribution in [0.25, 0.3) is 0 Å². The van der Waals surface area contributed by atoms with Gasteiger partial charge in [0.05, 0.1) is 5.56 Å². The summed E-state index contributed by atoms with van der Waals surface area (Å²) in [7, 11) is 0. The standard InChI is InChI=1S/C20H15BrClNO2S/c1-11-12(2)26-20(23-19(25)14-3-7-15(21)8-4-14)17(11)18(24)13-5-9-16(22)10-6-13/h3-10H,1-2H3,(H,23,25). The lowest BCUT2D eigenvalue weighted by atomic mass is 10.0. The highest BCUT2D eigenvalue weighted by molar-refractivity contribution is 9.10. The number of carbonyl (C=O) groups excluding carboxylic acids is 2. The summed E-state index contributed by atoms with van der Waals surface area (Å²) in [6.07, 6.45) is 0. The summed E-state index contributed by atoms with van der Waals surface area (Å²) in [5, 5.41) is 4.02. The van der Waals surface area contributed by atoms with Crippen LogP contribution in [0.2, 0.25) is 5.02 Å². The van der Waals surface area contributed by atoms with Gasteiger partial charge >= 0.3 is 0 Å². The molecule has 3 nitrogen and oxygen atoms in total. The highest BCUT2D eigenvalue weighted by atomic mass is 79.9. The van der Waals surface area contributed by atoms with Crippen LogP contribution < -0.4 is 5.32 Å². The number of nitrogens with one attached hydrogen (secondary N) is 1. The molecule has 0 radical (unpaired) electrons. The minimum atomic E-state index is -0.246. The second-order valence-electron chi connectivity index (χ2n) is 5.78. The van der Waals surface area contributed by atoms with Crippen molar-refractivity contribution < 1.29 is 9.59 Å². The molecule has 0 saturated heterocycles. The number of rotatable bonds is 4. The van der Waals surface area contributed by atoms with Crippen molar-refractivity contribution in [3.63, 3.8) is 0 Å². The third kappa shape index (κ3) is 3.90. The fourth-order valence-electron chi connectivity index (χ4n) is 2.51. The van der Waals surface area contributed by atoms with Gasteiger partial charge in [-0.1, -0.05) is 27.5 Å². The van der Waals surface area contributed by atoms with Gasteiger partial charge < -0.3 is 5.32 Å². The molecule has 1 amide bonds. The Morgan fingerprint density at radius 1 is 0.962 bits per heavy atom. The van der Waals surface area contributed by atoms with Gasteiger partial charge in [0.25, 0.3) is 5.91 Å². The molecule has 3 rings (SSSR count). The first-order chi connectivity index (χ1) is 12.4. The molecule has 0 bridgehead atoms. The fraction of sp³-hybridized carbons (Fsp3) is 0.100. The van der Waals surface area contributed by atoms with Crippen LogP contribution in [-0.4, -0.2) is 11.7 Å². The zero-order valence-corrected chi connectivity index (χ0v) is 17.3. The number of carbonyl (C=O) groups is 2. The monoisotopic (exact) mass is 447 g/mol. The molecule has 0 fully saturated rings. The first-order valence-electron chi connectivity index (χ1n) is 7.84. The Morgan fingerprint density at radius 2 is 1.54 bits per heavy atom. The van der Waals surface area contributed by atoms with Gasteiger partial charge in [-0.25, -0.2) is 0 Å². The summed E-state index contributed by atoms with van der Waals surface area (Å²) in [6.45, 7) is 3.83. The molecular weight excluding hydrogens is 434 g/mol. The highest BCUT2D eigenvalue weighted by Gasteiger charge is 2.22. The average Bonchev–Trinajstić information content (AvgIpc) is 2.89. The summed E-state index contributed by atoms with van der Waals surface area (Å²) in [5.41, 5.74) is 2.47. The Labute approximate surface area is 169 Å². The van der Waals surface area contributed by atoms with E-state index in [9.17, 15) is 9.59 Å². The largest absolute Gasteiger partial charge is 0.313 e. The molecule has 6 heteroatoms. The fourth-order valence-corrected chi connectivity index (χ4v) is 3.95. The van der Waals surface area contributed by atoms with Crippen molar-refractivity contribution in [3.05, 3.63) is 85.2 Å². The van der Waals surface area contributed by atoms with Gasteiger partial charge in [0.2, 0.25) is 0 Å². The maximum atomic E-state index is 13.0. The second-order valence-corrected chi connectivity index (χ2v) is 8.36. The number of anilines is 1. The molecule has 0 aliphatic rings. The third-order valence-corrected chi connectivity index (χ3v) is 5.96. The van der Waals surface area contributed by atoms with Gasteiger partial charge in [-0.05, 0) is 67.9 Å². The van der Waals surface area contributed by atoms with Crippen molar-refractivity contribution in [3.8, 4) is 0 Å². The number of hydrogen-bond acceptors (Lipinski definition) is 3. The molecule has 3 aromatic rings. The molecular formula is C20H15BrClNO2S. The molecule has 0 atom stereocenters. The first-order valence-corrected chi connectivity index (χ1v) is 9.82. The maximum Gasteiger partial charge on any atom is 0.256 e. The lowest BCUT2D eigenvalue weighted by Crippen LogP contribution is -2.14. The summed E-state index contributed by atoms with van der Waals surface area (Å²) in [5.74, 6) is -0.376. The predicted molar refractivity (Wildman–Crippen MR) is 111 cm³/mol. The number of ketones is 1. The van der Waals surface area contributed by atoms with E-state index in [2.05, 4.69) is 21.2 Å². The van der Waals surface area contributed by atoms with Crippen molar-refractivity contribution in [2.75, 3.05) is 5.32 Å². The molecule has 1 aromatic heterocycles. The molecule has 0 unspecified atom stereocenters. The third-order valence-electron chi connectivity index (χ3n) is 4.05. The van der Waals surface area contributed by atoms with Crippen LogP contribution in [0.1, 0.15) is 36.7 Å². The molecule has 0 aliphatic heterocycles. The smallest absolute Gasteiger partial charge is 0.256 e. The van der Waals surface area contributed by atoms with E-state index >= 15 is 0 Å². The normalized spacial score (nSPS) is 10.6. The van der Waals surface area contributed by atoms with Crippen LogP contribution in [0.4, 0.5) is 5.00 Å². The SMILES string of the molecule is Cc1sc(NC(=O)c2ccc(Br)cc2)c(C(=O)c2ccc(Cl)cc2)c1C. The van der Waals surface area contributed by atoms with Crippen molar-refractivity contribution in [2.45, 2.75) is 13.8 Å². The van der Waals surface area contributed by atoms with Crippen LogP contribution in [-0.2, 0) is 0 Å². The van der Waals surface area contributed by atoms with Gasteiger partial charge in [0, 0.05) is 25.5 Å². The summed E-state index contributed by atoms with van der Waals surface area (Å²) < 4.78 is 0.899. The Hall–Kier alpha value is -1.95. The van der Waals surface area contributed by atoms with Crippen molar-refractivity contribution in [2.24, 2.45) is 0 Å². The number of amides is 1. The van der Waals surface area contributed by atoms with Gasteiger partial charge in [-0.3, -0.25) is 9.59 Å². The van der Waals surface area contributed by atoms with E-state index in [0.29, 0.717) is 26.7 Å². The second kappa shape index (κ2) is 7.74. The van der Waals surface area contributed by atoms with E-state index in [4.69, 9.17) is 11.6 Å². The van der Waals surface area contributed by atoms with E-state index in [1.54, 1.807) is 48.5 Å². The zero-order valence-electron chi connectivity index (χ0n) is 14.1. The molecule has 1 N–H and O–H groups in total. The number of benzene rings is 2. The minimum absolute atomic E-state index is 0.130. The van der Waals surface area contributed by atoms with Gasteiger partial charge in [0.1, 0.15) is 5.00 Å². The molecule has 1 heterocycles. The van der Waals surface area contributed by atoms with E-state index in [-0.39, 0.29) is 11.7 Å². The number of thiophene rings is 1. The van der Waals surface area contributed by atoms with Crippen LogP contribution in [0.3, 0.4) is 0 Å². The topological polar surface area (TPSA) is 46.2 Å². The van der Waals surface area contributed by atoms with Crippen LogP contribution in [0.15, 0.2) is 53.0 Å².